The lowest BCUT2D eigenvalue weighted by molar-refractivity contribution is 1.46. The van der Waals surface area contributed by atoms with Crippen LogP contribution in [0.15, 0.2) is 60.7 Å². The summed E-state index contributed by atoms with van der Waals surface area (Å²) in [5.74, 6) is 0. The molecule has 18 heavy (non-hydrogen) atoms. The molecule has 1 aliphatic rings. The molecule has 0 fully saturated rings. The fraction of sp³-hybridized carbons (Fsp3) is 0. The molecule has 1 heterocycles. The van der Waals surface area contributed by atoms with Gasteiger partial charge in [-0.3, -0.25) is 0 Å². The normalized spacial score (nSPS) is 12.2. The Morgan fingerprint density at radius 3 is 1.44 bits per heavy atom. The zero-order valence-electron chi connectivity index (χ0n) is 9.77. The van der Waals surface area contributed by atoms with E-state index in [1.165, 1.54) is 10.8 Å². The maximum absolute atomic E-state index is 3.47. The molecule has 0 aromatic heterocycles. The van der Waals surface area contributed by atoms with Crippen LogP contribution in [0.5, 0.6) is 0 Å². The molecular weight excluding hydrogens is 220 g/mol. The van der Waals surface area contributed by atoms with Crippen molar-refractivity contribution in [2.75, 3.05) is 10.6 Å². The second kappa shape index (κ2) is 3.50. The van der Waals surface area contributed by atoms with E-state index < -0.39 is 0 Å². The van der Waals surface area contributed by atoms with Gasteiger partial charge >= 0.3 is 0 Å². The van der Waals surface area contributed by atoms with Crippen LogP contribution in [0.4, 0.5) is 22.7 Å². The van der Waals surface area contributed by atoms with Crippen molar-refractivity contribution in [3.05, 3.63) is 60.7 Å². The average molecular weight is 232 g/mol. The number of hydrogen-bond donors (Lipinski definition) is 2. The third-order valence-corrected chi connectivity index (χ3v) is 3.35. The van der Waals surface area contributed by atoms with Gasteiger partial charge in [0, 0.05) is 0 Å². The smallest absolute Gasteiger partial charge is 0.0630 e. The van der Waals surface area contributed by atoms with Crippen LogP contribution in [0, 0.1) is 0 Å². The third kappa shape index (κ3) is 1.36. The molecule has 0 atom stereocenters. The van der Waals surface area contributed by atoms with Gasteiger partial charge in [0.05, 0.1) is 22.7 Å². The Hall–Kier alpha value is -2.48. The number of anilines is 4. The molecule has 4 rings (SSSR count). The predicted octanol–water partition coefficient (Wildman–Crippen LogP) is 4.64. The highest BCUT2D eigenvalue weighted by Crippen LogP contribution is 2.40. The molecule has 0 bridgehead atoms. The Morgan fingerprint density at radius 1 is 0.500 bits per heavy atom. The quantitative estimate of drug-likeness (QED) is 0.461. The molecule has 2 N–H and O–H groups in total. The number of fused-ring (bicyclic) bond motifs is 3. The molecule has 0 amide bonds. The van der Waals surface area contributed by atoms with Crippen LogP contribution in [-0.4, -0.2) is 0 Å². The van der Waals surface area contributed by atoms with Gasteiger partial charge in [0.2, 0.25) is 0 Å². The van der Waals surface area contributed by atoms with E-state index in [4.69, 9.17) is 0 Å². The lowest BCUT2D eigenvalue weighted by atomic mass is 10.1. The number of hydrogen-bond acceptors (Lipinski definition) is 2. The molecule has 3 aromatic rings. The number of nitrogens with one attached hydrogen (secondary N) is 2. The third-order valence-electron chi connectivity index (χ3n) is 3.35. The van der Waals surface area contributed by atoms with Crippen LogP contribution in [0.2, 0.25) is 0 Å². The van der Waals surface area contributed by atoms with Crippen molar-refractivity contribution in [1.82, 2.24) is 0 Å². The van der Waals surface area contributed by atoms with Crippen molar-refractivity contribution in [2.24, 2.45) is 0 Å². The van der Waals surface area contributed by atoms with Gasteiger partial charge < -0.3 is 10.6 Å². The molecule has 0 radical (unpaired) electrons. The largest absolute Gasteiger partial charge is 0.352 e. The minimum absolute atomic E-state index is 1.13. The van der Waals surface area contributed by atoms with Gasteiger partial charge in [0.25, 0.3) is 0 Å². The van der Waals surface area contributed by atoms with Crippen molar-refractivity contribution >= 4 is 33.5 Å². The van der Waals surface area contributed by atoms with Crippen LogP contribution in [0.3, 0.4) is 0 Å². The Kier molecular flexibility index (Phi) is 1.86. The minimum Gasteiger partial charge on any atom is -0.352 e. The Balaban J connectivity index is 1.92. The number of rotatable bonds is 0. The van der Waals surface area contributed by atoms with E-state index in [9.17, 15) is 0 Å². The lowest BCUT2D eigenvalue weighted by Crippen LogP contribution is -2.05. The fourth-order valence-corrected chi connectivity index (χ4v) is 2.44. The molecule has 86 valence electrons. The van der Waals surface area contributed by atoms with Crippen LogP contribution in [0.1, 0.15) is 0 Å². The molecule has 0 unspecified atom stereocenters. The maximum atomic E-state index is 3.47. The Labute approximate surface area is 105 Å². The van der Waals surface area contributed by atoms with Gasteiger partial charge in [-0.25, -0.2) is 0 Å². The van der Waals surface area contributed by atoms with Crippen molar-refractivity contribution in [2.45, 2.75) is 0 Å². The van der Waals surface area contributed by atoms with E-state index in [0.717, 1.165) is 22.7 Å². The highest BCUT2D eigenvalue weighted by atomic mass is 15.0. The summed E-state index contributed by atoms with van der Waals surface area (Å²) in [7, 11) is 0. The molecular formula is C16H12N2. The van der Waals surface area contributed by atoms with E-state index in [2.05, 4.69) is 59.2 Å². The number of para-hydroxylation sites is 2. The number of benzene rings is 3. The molecule has 0 saturated heterocycles. The Bertz CT molecular complexity index is 683. The van der Waals surface area contributed by atoms with Gasteiger partial charge in [-0.15, -0.1) is 0 Å². The van der Waals surface area contributed by atoms with Crippen LogP contribution in [-0.2, 0) is 0 Å². The van der Waals surface area contributed by atoms with Gasteiger partial charge in [0.1, 0.15) is 0 Å². The topological polar surface area (TPSA) is 24.1 Å². The van der Waals surface area contributed by atoms with Crippen LogP contribution < -0.4 is 10.6 Å². The monoisotopic (exact) mass is 232 g/mol. The van der Waals surface area contributed by atoms with Crippen molar-refractivity contribution in [3.8, 4) is 0 Å². The SMILES string of the molecule is c1ccc2c(c1)Nc1cc3ccccc3cc1N2. The second-order valence-corrected chi connectivity index (χ2v) is 4.54. The van der Waals surface area contributed by atoms with E-state index in [-0.39, 0.29) is 0 Å². The first-order chi connectivity index (χ1) is 8.90. The summed E-state index contributed by atoms with van der Waals surface area (Å²) >= 11 is 0. The van der Waals surface area contributed by atoms with Crippen molar-refractivity contribution < 1.29 is 0 Å². The molecule has 3 aromatic carbocycles. The minimum atomic E-state index is 1.13. The highest BCUT2D eigenvalue weighted by Gasteiger charge is 2.13. The second-order valence-electron chi connectivity index (χ2n) is 4.54. The van der Waals surface area contributed by atoms with Gasteiger partial charge in [-0.2, -0.15) is 0 Å². The fourth-order valence-electron chi connectivity index (χ4n) is 2.44. The first-order valence-corrected chi connectivity index (χ1v) is 6.06. The summed E-state index contributed by atoms with van der Waals surface area (Å²) < 4.78 is 0. The summed E-state index contributed by atoms with van der Waals surface area (Å²) in [4.78, 5) is 0. The van der Waals surface area contributed by atoms with Gasteiger partial charge in [-0.1, -0.05) is 36.4 Å². The zero-order chi connectivity index (χ0) is 11.9. The average Bonchev–Trinajstić information content (AvgIpc) is 2.42. The molecule has 2 nitrogen and oxygen atoms in total. The predicted molar refractivity (Wildman–Crippen MR) is 77.0 cm³/mol. The van der Waals surface area contributed by atoms with Crippen molar-refractivity contribution in [1.29, 1.82) is 0 Å². The molecule has 0 aliphatic carbocycles. The van der Waals surface area contributed by atoms with E-state index in [1.807, 2.05) is 12.1 Å². The van der Waals surface area contributed by atoms with Crippen LogP contribution in [0.25, 0.3) is 10.8 Å². The molecule has 0 saturated carbocycles. The van der Waals surface area contributed by atoms with Crippen molar-refractivity contribution in [3.63, 3.8) is 0 Å². The van der Waals surface area contributed by atoms with Crippen LogP contribution >= 0.6 is 0 Å². The van der Waals surface area contributed by atoms with Gasteiger partial charge in [-0.05, 0) is 35.0 Å². The van der Waals surface area contributed by atoms with Gasteiger partial charge in [0.15, 0.2) is 0 Å². The highest BCUT2D eigenvalue weighted by molar-refractivity contribution is 5.98. The standard InChI is InChI=1S/C16H12N2/c1-2-6-12-10-16-15(9-11(12)5-1)17-13-7-3-4-8-14(13)18-16/h1-10,17-18H. The first-order valence-electron chi connectivity index (χ1n) is 6.06. The summed E-state index contributed by atoms with van der Waals surface area (Å²) in [5, 5.41) is 9.45. The first kappa shape index (κ1) is 9.54. The van der Waals surface area contributed by atoms with E-state index >= 15 is 0 Å². The molecule has 2 heteroatoms. The summed E-state index contributed by atoms with van der Waals surface area (Å²) in [6.07, 6.45) is 0. The molecule has 1 aliphatic heterocycles. The molecule has 0 spiro atoms. The summed E-state index contributed by atoms with van der Waals surface area (Å²) in [5.41, 5.74) is 4.51. The summed E-state index contributed by atoms with van der Waals surface area (Å²) in [6, 6.07) is 21.0. The zero-order valence-corrected chi connectivity index (χ0v) is 9.77. The lowest BCUT2D eigenvalue weighted by Gasteiger charge is -2.23. The van der Waals surface area contributed by atoms with E-state index in [0.29, 0.717) is 0 Å². The maximum Gasteiger partial charge on any atom is 0.0630 e. The summed E-state index contributed by atoms with van der Waals surface area (Å²) in [6.45, 7) is 0. The van der Waals surface area contributed by atoms with E-state index in [1.54, 1.807) is 0 Å². The Morgan fingerprint density at radius 2 is 0.944 bits per heavy atom.